The van der Waals surface area contributed by atoms with Crippen molar-refractivity contribution in [3.8, 4) is 22.3 Å². The summed E-state index contributed by atoms with van der Waals surface area (Å²) in [7, 11) is 0. The highest BCUT2D eigenvalue weighted by Crippen LogP contribution is 2.49. The highest BCUT2D eigenvalue weighted by atomic mass is 15.1. The summed E-state index contributed by atoms with van der Waals surface area (Å²) in [6.45, 7) is 4.43. The van der Waals surface area contributed by atoms with E-state index in [0.29, 0.717) is 0 Å². The Balaban J connectivity index is 1.22. The van der Waals surface area contributed by atoms with E-state index in [1.54, 1.807) is 0 Å². The first-order chi connectivity index (χ1) is 31.7. The van der Waals surface area contributed by atoms with Crippen LogP contribution in [0.1, 0.15) is 25.0 Å². The highest BCUT2D eigenvalue weighted by molar-refractivity contribution is 6.23. The number of hydrogen-bond donors (Lipinski definition) is 0. The van der Waals surface area contributed by atoms with E-state index in [-0.39, 0.29) is 0 Å². The van der Waals surface area contributed by atoms with Crippen LogP contribution in [0.3, 0.4) is 0 Å². The van der Waals surface area contributed by atoms with E-state index < -0.39 is 0 Å². The van der Waals surface area contributed by atoms with E-state index in [1.807, 2.05) is 0 Å². The van der Waals surface area contributed by atoms with Gasteiger partial charge in [-0.3, -0.25) is 0 Å². The molecular formula is C62H48N2. The summed E-state index contributed by atoms with van der Waals surface area (Å²) >= 11 is 0. The molecule has 2 heteroatoms. The van der Waals surface area contributed by atoms with Gasteiger partial charge in [0.1, 0.15) is 0 Å². The lowest BCUT2D eigenvalue weighted by atomic mass is 9.85. The van der Waals surface area contributed by atoms with Gasteiger partial charge in [0.25, 0.3) is 0 Å². The van der Waals surface area contributed by atoms with Crippen LogP contribution in [0, 0.1) is 0 Å². The van der Waals surface area contributed by atoms with Crippen molar-refractivity contribution in [1.82, 2.24) is 0 Å². The Labute approximate surface area is 375 Å². The summed E-state index contributed by atoms with van der Waals surface area (Å²) in [6, 6.07) is 85.1. The zero-order chi connectivity index (χ0) is 43.0. The summed E-state index contributed by atoms with van der Waals surface area (Å²) in [6.07, 6.45) is 1.99. The van der Waals surface area contributed by atoms with E-state index >= 15 is 0 Å². The third-order valence-electron chi connectivity index (χ3n) is 12.9. The number of benzene rings is 11. The van der Waals surface area contributed by atoms with Gasteiger partial charge in [0.15, 0.2) is 0 Å². The molecule has 0 aliphatic heterocycles. The van der Waals surface area contributed by atoms with Crippen LogP contribution >= 0.6 is 0 Å². The number of fused-ring (bicyclic) bond motifs is 4. The van der Waals surface area contributed by atoms with Crippen molar-refractivity contribution < 1.29 is 0 Å². The van der Waals surface area contributed by atoms with E-state index in [1.165, 1.54) is 76.5 Å². The molecule has 0 N–H and O–H groups in total. The fourth-order valence-corrected chi connectivity index (χ4v) is 9.74. The second-order valence-electron chi connectivity index (χ2n) is 16.6. The summed E-state index contributed by atoms with van der Waals surface area (Å²) in [5, 5.41) is 9.69. The molecule has 2 nitrogen and oxygen atoms in total. The normalized spacial score (nSPS) is 11.4. The Morgan fingerprint density at radius 3 is 1.05 bits per heavy atom. The van der Waals surface area contributed by atoms with E-state index in [0.717, 1.165) is 47.0 Å². The molecule has 64 heavy (non-hydrogen) atoms. The Kier molecular flexibility index (Phi) is 10.2. The highest BCUT2D eigenvalue weighted by Gasteiger charge is 2.23. The molecule has 0 saturated heterocycles. The van der Waals surface area contributed by atoms with Crippen LogP contribution in [0.5, 0.6) is 0 Å². The molecule has 0 unspecified atom stereocenters. The van der Waals surface area contributed by atoms with Crippen LogP contribution < -0.4 is 9.80 Å². The largest absolute Gasteiger partial charge is 0.310 e. The summed E-state index contributed by atoms with van der Waals surface area (Å²) in [5.74, 6) is 0. The van der Waals surface area contributed by atoms with Crippen LogP contribution in [0.15, 0.2) is 231 Å². The standard InChI is InChI=1S/C62H48N2/c1-3-43-29-33-49(34-30-43)63(59-27-15-23-45-17-11-13-25-53(45)59)51-37-39-55-57(41-51)61(47-19-7-5-8-20-47)56-40-38-52(42-58(56)62(55)48-21-9-6-10-22-48)64(50-35-31-44(4-2)32-36-50)60-28-16-24-46-18-12-14-26-54(46)60/h5-42H,3-4H2,1-2H3. The molecule has 0 radical (unpaired) electrons. The van der Waals surface area contributed by atoms with Gasteiger partial charge in [-0.05, 0) is 139 Å². The number of nitrogens with zero attached hydrogens (tertiary/aromatic N) is 2. The molecule has 0 heterocycles. The minimum atomic E-state index is 0.993. The van der Waals surface area contributed by atoms with Crippen LogP contribution in [0.25, 0.3) is 65.3 Å². The topological polar surface area (TPSA) is 6.48 Å². The Hall–Kier alpha value is -7.94. The second-order valence-corrected chi connectivity index (χ2v) is 16.6. The van der Waals surface area contributed by atoms with Gasteiger partial charge in [-0.2, -0.15) is 0 Å². The van der Waals surface area contributed by atoms with Crippen molar-refractivity contribution in [2.75, 3.05) is 9.80 Å². The zero-order valence-corrected chi connectivity index (χ0v) is 36.2. The maximum atomic E-state index is 2.44. The average Bonchev–Trinajstić information content (AvgIpc) is 3.37. The van der Waals surface area contributed by atoms with Crippen LogP contribution in [-0.2, 0) is 12.8 Å². The first-order valence-corrected chi connectivity index (χ1v) is 22.5. The van der Waals surface area contributed by atoms with Gasteiger partial charge in [0.05, 0.1) is 11.4 Å². The van der Waals surface area contributed by atoms with Gasteiger partial charge in [-0.1, -0.05) is 184 Å². The summed E-state index contributed by atoms with van der Waals surface area (Å²) in [5.41, 5.74) is 14.2. The SMILES string of the molecule is CCc1ccc(N(c2ccc3c(-c4ccccc4)c4cc(N(c5ccc(CC)cc5)c5cccc6ccccc56)ccc4c(-c4ccccc4)c3c2)c2cccc3ccccc23)cc1. The molecule has 0 fully saturated rings. The van der Waals surface area contributed by atoms with Crippen LogP contribution in [0.2, 0.25) is 0 Å². The molecule has 0 aromatic heterocycles. The van der Waals surface area contributed by atoms with Gasteiger partial charge in [0.2, 0.25) is 0 Å². The van der Waals surface area contributed by atoms with E-state index in [2.05, 4.69) is 254 Å². The molecule has 11 aromatic carbocycles. The maximum Gasteiger partial charge on any atom is 0.0540 e. The van der Waals surface area contributed by atoms with E-state index in [9.17, 15) is 0 Å². The van der Waals surface area contributed by atoms with E-state index in [4.69, 9.17) is 0 Å². The van der Waals surface area contributed by atoms with Crippen molar-refractivity contribution in [1.29, 1.82) is 0 Å². The minimum absolute atomic E-state index is 0.993. The average molecular weight is 821 g/mol. The van der Waals surface area contributed by atoms with Gasteiger partial charge in [-0.25, -0.2) is 0 Å². The molecule has 0 amide bonds. The first-order valence-electron chi connectivity index (χ1n) is 22.5. The van der Waals surface area contributed by atoms with Gasteiger partial charge in [0, 0.05) is 33.5 Å². The molecule has 11 aromatic rings. The predicted molar refractivity (Wildman–Crippen MR) is 275 cm³/mol. The molecule has 11 rings (SSSR count). The molecule has 0 aliphatic rings. The van der Waals surface area contributed by atoms with Crippen LogP contribution in [-0.4, -0.2) is 0 Å². The second kappa shape index (κ2) is 16.7. The van der Waals surface area contributed by atoms with Crippen molar-refractivity contribution in [2.24, 2.45) is 0 Å². The number of aryl methyl sites for hydroxylation is 2. The molecule has 0 bridgehead atoms. The fraction of sp³-hybridized carbons (Fsp3) is 0.0645. The monoisotopic (exact) mass is 820 g/mol. The third kappa shape index (κ3) is 6.94. The lowest BCUT2D eigenvalue weighted by Gasteiger charge is -2.29. The smallest absolute Gasteiger partial charge is 0.0540 e. The Morgan fingerprint density at radius 1 is 0.281 bits per heavy atom. The number of hydrogen-bond acceptors (Lipinski definition) is 2. The number of anilines is 6. The maximum absolute atomic E-state index is 2.44. The Bertz CT molecular complexity index is 3200. The van der Waals surface area contributed by atoms with Gasteiger partial charge >= 0.3 is 0 Å². The third-order valence-corrected chi connectivity index (χ3v) is 12.9. The fourth-order valence-electron chi connectivity index (χ4n) is 9.74. The van der Waals surface area contributed by atoms with Gasteiger partial charge < -0.3 is 9.80 Å². The molecule has 306 valence electrons. The van der Waals surface area contributed by atoms with Crippen molar-refractivity contribution in [3.63, 3.8) is 0 Å². The molecule has 0 aliphatic carbocycles. The number of rotatable bonds is 10. The van der Waals surface area contributed by atoms with Crippen molar-refractivity contribution >= 4 is 77.2 Å². The predicted octanol–water partition coefficient (Wildman–Crippen LogP) is 17.7. The first kappa shape index (κ1) is 38.9. The lowest BCUT2D eigenvalue weighted by Crippen LogP contribution is -2.11. The molecular weight excluding hydrogens is 773 g/mol. The van der Waals surface area contributed by atoms with Crippen molar-refractivity contribution in [2.45, 2.75) is 26.7 Å². The molecule has 0 spiro atoms. The zero-order valence-electron chi connectivity index (χ0n) is 36.2. The lowest BCUT2D eigenvalue weighted by molar-refractivity contribution is 1.14. The molecule has 0 saturated carbocycles. The minimum Gasteiger partial charge on any atom is -0.310 e. The van der Waals surface area contributed by atoms with Crippen LogP contribution in [0.4, 0.5) is 34.1 Å². The molecule has 0 atom stereocenters. The summed E-state index contributed by atoms with van der Waals surface area (Å²) in [4.78, 5) is 4.88. The summed E-state index contributed by atoms with van der Waals surface area (Å²) < 4.78 is 0. The Morgan fingerprint density at radius 2 is 0.641 bits per heavy atom. The quantitative estimate of drug-likeness (QED) is 0.127. The van der Waals surface area contributed by atoms with Gasteiger partial charge in [-0.15, -0.1) is 0 Å². The van der Waals surface area contributed by atoms with Crippen molar-refractivity contribution in [3.05, 3.63) is 242 Å².